The fourth-order valence-electron chi connectivity index (χ4n) is 4.55. The van der Waals surface area contributed by atoms with E-state index < -0.39 is 0 Å². The maximum absolute atomic E-state index is 13.2. The van der Waals surface area contributed by atoms with E-state index in [-0.39, 0.29) is 11.8 Å². The van der Waals surface area contributed by atoms with Crippen molar-refractivity contribution < 1.29 is 4.79 Å². The molecule has 1 saturated heterocycles. The number of amides is 1. The van der Waals surface area contributed by atoms with Gasteiger partial charge in [-0.15, -0.1) is 0 Å². The summed E-state index contributed by atoms with van der Waals surface area (Å²) < 4.78 is 0. The maximum Gasteiger partial charge on any atom is 0.229 e. The molecule has 5 heteroatoms. The van der Waals surface area contributed by atoms with E-state index in [1.165, 1.54) is 5.56 Å². The van der Waals surface area contributed by atoms with Crippen molar-refractivity contribution in [2.75, 3.05) is 26.2 Å². The first-order chi connectivity index (χ1) is 15.1. The number of hydrogen-bond donors (Lipinski definition) is 1. The molecular weight excluding hydrogens is 406 g/mol. The Morgan fingerprint density at radius 2 is 1.71 bits per heavy atom. The van der Waals surface area contributed by atoms with Gasteiger partial charge in [-0.25, -0.2) is 0 Å². The minimum Gasteiger partial charge on any atom is -0.355 e. The zero-order valence-electron chi connectivity index (χ0n) is 17.6. The number of aromatic nitrogens is 1. The summed E-state index contributed by atoms with van der Waals surface area (Å²) in [6.07, 6.45) is 0. The second-order valence-corrected chi connectivity index (χ2v) is 8.87. The van der Waals surface area contributed by atoms with Gasteiger partial charge in [-0.1, -0.05) is 54.1 Å². The molecule has 0 spiro atoms. The first-order valence-electron chi connectivity index (χ1n) is 10.8. The van der Waals surface area contributed by atoms with Gasteiger partial charge in [0.2, 0.25) is 5.91 Å². The van der Waals surface area contributed by atoms with Crippen LogP contribution in [-0.4, -0.2) is 46.9 Å². The molecule has 1 N–H and O–H groups in total. The molecule has 158 valence electrons. The Labute approximate surface area is 187 Å². The third kappa shape index (κ3) is 4.06. The van der Waals surface area contributed by atoms with Gasteiger partial charge in [0.25, 0.3) is 0 Å². The monoisotopic (exact) mass is 431 g/mol. The predicted molar refractivity (Wildman–Crippen MR) is 128 cm³/mol. The van der Waals surface area contributed by atoms with E-state index in [0.29, 0.717) is 0 Å². The molecule has 1 unspecified atom stereocenters. The number of nitrogens with zero attached hydrogens (tertiary/aromatic N) is 2. The molecule has 3 aromatic carbocycles. The van der Waals surface area contributed by atoms with Crippen molar-refractivity contribution in [3.05, 3.63) is 82.9 Å². The maximum atomic E-state index is 13.2. The predicted octanol–water partition coefficient (Wildman–Crippen LogP) is 5.42. The summed E-state index contributed by atoms with van der Waals surface area (Å²) in [4.78, 5) is 21.1. The standard InChI is InChI=1S/C26H26ClN3O/c1-18(20-7-9-22-23-16-21(27)8-10-24(23)28-25(22)15-20)26(31)30-13-11-29(12-14-30)17-19-5-3-2-4-6-19/h2-10,15-16,18,28H,11-14,17H2,1H3. The second-order valence-electron chi connectivity index (χ2n) is 8.43. The lowest BCUT2D eigenvalue weighted by molar-refractivity contribution is -0.134. The van der Waals surface area contributed by atoms with Crippen LogP contribution in [0.15, 0.2) is 66.7 Å². The minimum atomic E-state index is -0.167. The normalized spacial score (nSPS) is 16.1. The average Bonchev–Trinajstić information content (AvgIpc) is 3.16. The van der Waals surface area contributed by atoms with Crippen molar-refractivity contribution in [1.82, 2.24) is 14.8 Å². The van der Waals surface area contributed by atoms with Crippen LogP contribution in [-0.2, 0) is 11.3 Å². The molecule has 0 radical (unpaired) electrons. The third-order valence-electron chi connectivity index (χ3n) is 6.39. The van der Waals surface area contributed by atoms with Crippen molar-refractivity contribution in [2.24, 2.45) is 0 Å². The summed E-state index contributed by atoms with van der Waals surface area (Å²) in [7, 11) is 0. The van der Waals surface area contributed by atoms with Crippen LogP contribution in [0.5, 0.6) is 0 Å². The highest BCUT2D eigenvalue weighted by Crippen LogP contribution is 2.30. The van der Waals surface area contributed by atoms with Gasteiger partial charge in [-0.2, -0.15) is 0 Å². The number of carbonyl (C=O) groups is 1. The molecule has 1 aromatic heterocycles. The molecule has 1 atom stereocenters. The molecular formula is C26H26ClN3O. The molecule has 1 fully saturated rings. The summed E-state index contributed by atoms with van der Waals surface area (Å²) in [5, 5.41) is 2.98. The Hall–Kier alpha value is -2.82. The topological polar surface area (TPSA) is 39.3 Å². The zero-order valence-corrected chi connectivity index (χ0v) is 18.4. The Bertz CT molecular complexity index is 1230. The van der Waals surface area contributed by atoms with Gasteiger partial charge >= 0.3 is 0 Å². The largest absolute Gasteiger partial charge is 0.355 e. The molecule has 5 rings (SSSR count). The lowest BCUT2D eigenvalue weighted by Crippen LogP contribution is -2.49. The van der Waals surface area contributed by atoms with Crippen molar-refractivity contribution in [3.63, 3.8) is 0 Å². The average molecular weight is 432 g/mol. The van der Waals surface area contributed by atoms with Crippen LogP contribution in [0, 0.1) is 0 Å². The highest BCUT2D eigenvalue weighted by Gasteiger charge is 2.26. The summed E-state index contributed by atoms with van der Waals surface area (Å²) in [6.45, 7) is 6.34. The molecule has 1 aliphatic heterocycles. The molecule has 0 bridgehead atoms. The number of carbonyl (C=O) groups excluding carboxylic acids is 1. The molecule has 1 aliphatic rings. The van der Waals surface area contributed by atoms with Crippen LogP contribution in [0.4, 0.5) is 0 Å². The Morgan fingerprint density at radius 3 is 2.48 bits per heavy atom. The minimum absolute atomic E-state index is 0.167. The second kappa shape index (κ2) is 8.37. The van der Waals surface area contributed by atoms with Gasteiger partial charge in [-0.05, 0) is 42.3 Å². The first-order valence-corrected chi connectivity index (χ1v) is 11.2. The van der Waals surface area contributed by atoms with Crippen LogP contribution >= 0.6 is 11.6 Å². The number of hydrogen-bond acceptors (Lipinski definition) is 2. The molecule has 0 aliphatic carbocycles. The van der Waals surface area contributed by atoms with Crippen LogP contribution in [0.2, 0.25) is 5.02 Å². The fraction of sp³-hybridized carbons (Fsp3) is 0.269. The Kier molecular flexibility index (Phi) is 5.43. The number of piperazine rings is 1. The van der Waals surface area contributed by atoms with E-state index in [9.17, 15) is 4.79 Å². The summed E-state index contributed by atoms with van der Waals surface area (Å²) in [6, 6.07) is 22.7. The van der Waals surface area contributed by atoms with Gasteiger partial charge < -0.3 is 9.88 Å². The molecule has 1 amide bonds. The Balaban J connectivity index is 1.27. The smallest absolute Gasteiger partial charge is 0.229 e. The molecule has 4 nitrogen and oxygen atoms in total. The van der Waals surface area contributed by atoms with E-state index in [0.717, 1.165) is 65.1 Å². The van der Waals surface area contributed by atoms with Gasteiger partial charge in [0, 0.05) is 59.6 Å². The third-order valence-corrected chi connectivity index (χ3v) is 6.62. The van der Waals surface area contributed by atoms with Crippen molar-refractivity contribution in [2.45, 2.75) is 19.4 Å². The highest BCUT2D eigenvalue weighted by atomic mass is 35.5. The van der Waals surface area contributed by atoms with E-state index in [1.54, 1.807) is 0 Å². The van der Waals surface area contributed by atoms with Gasteiger partial charge in [0.05, 0.1) is 5.92 Å². The van der Waals surface area contributed by atoms with Crippen LogP contribution in [0.1, 0.15) is 24.0 Å². The molecule has 0 saturated carbocycles. The Morgan fingerprint density at radius 1 is 0.935 bits per heavy atom. The van der Waals surface area contributed by atoms with Crippen molar-refractivity contribution >= 4 is 39.3 Å². The van der Waals surface area contributed by atoms with Gasteiger partial charge in [0.1, 0.15) is 0 Å². The summed E-state index contributed by atoms with van der Waals surface area (Å²) in [5.74, 6) is 0.0398. The first kappa shape index (κ1) is 20.1. The van der Waals surface area contributed by atoms with E-state index in [2.05, 4.69) is 52.3 Å². The number of rotatable bonds is 4. The number of halogens is 1. The van der Waals surface area contributed by atoms with E-state index in [4.69, 9.17) is 11.6 Å². The lowest BCUT2D eigenvalue weighted by Gasteiger charge is -2.36. The number of fused-ring (bicyclic) bond motifs is 3. The summed E-state index contributed by atoms with van der Waals surface area (Å²) in [5.41, 5.74) is 4.47. The van der Waals surface area contributed by atoms with E-state index in [1.807, 2.05) is 36.1 Å². The van der Waals surface area contributed by atoms with Gasteiger partial charge in [0.15, 0.2) is 0 Å². The van der Waals surface area contributed by atoms with E-state index >= 15 is 0 Å². The number of aromatic amines is 1. The molecule has 31 heavy (non-hydrogen) atoms. The number of benzene rings is 3. The fourth-order valence-corrected chi connectivity index (χ4v) is 4.72. The van der Waals surface area contributed by atoms with Crippen molar-refractivity contribution in [3.8, 4) is 0 Å². The van der Waals surface area contributed by atoms with Crippen LogP contribution < -0.4 is 0 Å². The van der Waals surface area contributed by atoms with Crippen LogP contribution in [0.25, 0.3) is 21.8 Å². The zero-order chi connectivity index (χ0) is 21.4. The van der Waals surface area contributed by atoms with Crippen molar-refractivity contribution in [1.29, 1.82) is 0 Å². The highest BCUT2D eigenvalue weighted by molar-refractivity contribution is 6.31. The SMILES string of the molecule is CC(C(=O)N1CCN(Cc2ccccc2)CC1)c1ccc2c(c1)[nH]c1ccc(Cl)cc12. The molecule has 2 heterocycles. The molecule has 4 aromatic rings. The number of H-pyrrole nitrogens is 1. The van der Waals surface area contributed by atoms with Crippen LogP contribution in [0.3, 0.4) is 0 Å². The van der Waals surface area contributed by atoms with Gasteiger partial charge in [-0.3, -0.25) is 9.69 Å². The lowest BCUT2D eigenvalue weighted by atomic mass is 9.97. The number of nitrogens with one attached hydrogen (secondary N) is 1. The summed E-state index contributed by atoms with van der Waals surface area (Å²) >= 11 is 6.17. The quantitative estimate of drug-likeness (QED) is 0.468.